The van der Waals surface area contributed by atoms with Gasteiger partial charge in [0.1, 0.15) is 4.47 Å². The van der Waals surface area contributed by atoms with Gasteiger partial charge in [-0.1, -0.05) is 6.92 Å². The molecule has 2 heterocycles. The second-order valence-electron chi connectivity index (χ2n) is 5.19. The number of nitrogens with zero attached hydrogens (tertiary/aromatic N) is 3. The lowest BCUT2D eigenvalue weighted by Crippen LogP contribution is -2.58. The molecule has 2 rings (SSSR count). The van der Waals surface area contributed by atoms with Crippen molar-refractivity contribution in [3.05, 3.63) is 21.0 Å². The third-order valence-corrected chi connectivity index (χ3v) is 4.13. The summed E-state index contributed by atoms with van der Waals surface area (Å²) >= 11 is 3.46. The van der Waals surface area contributed by atoms with Crippen LogP contribution in [0.5, 0.6) is 0 Å². The molecule has 0 bridgehead atoms. The number of hydrogen-bond acceptors (Lipinski definition) is 4. The molecule has 1 aromatic rings. The van der Waals surface area contributed by atoms with Crippen LogP contribution in [0, 0.1) is 0 Å². The van der Waals surface area contributed by atoms with Gasteiger partial charge in [0.05, 0.1) is 24.0 Å². The van der Waals surface area contributed by atoms with Crippen LogP contribution >= 0.6 is 15.9 Å². The van der Waals surface area contributed by atoms with E-state index in [2.05, 4.69) is 38.2 Å². The van der Waals surface area contributed by atoms with Gasteiger partial charge in [-0.15, -0.1) is 0 Å². The molecule has 1 saturated heterocycles. The van der Waals surface area contributed by atoms with Crippen molar-refractivity contribution in [2.45, 2.75) is 39.3 Å². The van der Waals surface area contributed by atoms with Gasteiger partial charge in [0.15, 0.2) is 0 Å². The van der Waals surface area contributed by atoms with Crippen molar-refractivity contribution < 1.29 is 0 Å². The van der Waals surface area contributed by atoms with Gasteiger partial charge in [-0.05, 0) is 36.2 Å². The van der Waals surface area contributed by atoms with Crippen molar-refractivity contribution in [1.82, 2.24) is 15.1 Å². The van der Waals surface area contributed by atoms with E-state index < -0.39 is 0 Å². The van der Waals surface area contributed by atoms with E-state index in [9.17, 15) is 4.79 Å². The minimum Gasteiger partial charge on any atom is -0.364 e. The van der Waals surface area contributed by atoms with Gasteiger partial charge in [0, 0.05) is 19.6 Å². The van der Waals surface area contributed by atoms with E-state index in [-0.39, 0.29) is 11.6 Å². The summed E-state index contributed by atoms with van der Waals surface area (Å²) < 4.78 is 2.13. The number of aromatic nitrogens is 2. The van der Waals surface area contributed by atoms with E-state index in [1.54, 1.807) is 6.20 Å². The molecule has 0 spiro atoms. The lowest BCUT2D eigenvalue weighted by atomic mass is 10.1. The van der Waals surface area contributed by atoms with Gasteiger partial charge in [0.25, 0.3) is 5.56 Å². The van der Waals surface area contributed by atoms with Crippen LogP contribution in [0.25, 0.3) is 0 Å². The Labute approximate surface area is 122 Å². The number of hydrogen-bond donors (Lipinski definition) is 1. The molecular weight excluding hydrogens is 308 g/mol. The molecule has 0 radical (unpaired) electrons. The standard InChI is InChI=1S/C13H21BrN4O/c1-4-5-17(10-6-15-7-10)11-8-16-18(9(2)3)13(19)12(11)14/h8-10,15H,4-7H2,1-3H3. The molecule has 0 saturated carbocycles. The first-order valence-electron chi connectivity index (χ1n) is 6.81. The molecule has 0 amide bonds. The zero-order valence-corrected chi connectivity index (χ0v) is 13.3. The molecule has 19 heavy (non-hydrogen) atoms. The summed E-state index contributed by atoms with van der Waals surface area (Å²) in [6.07, 6.45) is 2.86. The number of halogens is 1. The van der Waals surface area contributed by atoms with Gasteiger partial charge in [-0.25, -0.2) is 4.68 Å². The zero-order chi connectivity index (χ0) is 14.0. The summed E-state index contributed by atoms with van der Waals surface area (Å²) in [6.45, 7) is 8.95. The van der Waals surface area contributed by atoms with Crippen LogP contribution in [-0.4, -0.2) is 35.5 Å². The quantitative estimate of drug-likeness (QED) is 0.895. The molecular formula is C13H21BrN4O. The smallest absolute Gasteiger partial charge is 0.283 e. The van der Waals surface area contributed by atoms with Crippen LogP contribution < -0.4 is 15.8 Å². The molecule has 1 aromatic heterocycles. The summed E-state index contributed by atoms with van der Waals surface area (Å²) in [6, 6.07) is 0.537. The van der Waals surface area contributed by atoms with Crippen molar-refractivity contribution >= 4 is 21.6 Å². The van der Waals surface area contributed by atoms with E-state index in [0.29, 0.717) is 10.5 Å². The first-order chi connectivity index (χ1) is 9.06. The molecule has 1 N–H and O–H groups in total. The van der Waals surface area contributed by atoms with E-state index in [4.69, 9.17) is 0 Å². The fourth-order valence-electron chi connectivity index (χ4n) is 2.24. The Kier molecular flexibility index (Phi) is 4.62. The van der Waals surface area contributed by atoms with Crippen LogP contribution in [0.1, 0.15) is 33.2 Å². The van der Waals surface area contributed by atoms with Crippen LogP contribution in [0.2, 0.25) is 0 Å². The van der Waals surface area contributed by atoms with E-state index >= 15 is 0 Å². The average molecular weight is 329 g/mol. The Bertz CT molecular complexity index is 496. The lowest BCUT2D eigenvalue weighted by Gasteiger charge is -2.40. The first-order valence-corrected chi connectivity index (χ1v) is 7.60. The van der Waals surface area contributed by atoms with Crippen LogP contribution in [0.3, 0.4) is 0 Å². The third-order valence-electron chi connectivity index (χ3n) is 3.39. The van der Waals surface area contributed by atoms with Crippen molar-refractivity contribution in [3.8, 4) is 0 Å². The molecule has 1 aliphatic rings. The molecule has 0 atom stereocenters. The maximum Gasteiger partial charge on any atom is 0.283 e. The molecule has 0 unspecified atom stereocenters. The third kappa shape index (κ3) is 2.84. The molecule has 1 fully saturated rings. The highest BCUT2D eigenvalue weighted by Crippen LogP contribution is 2.25. The second kappa shape index (κ2) is 6.05. The Morgan fingerprint density at radius 3 is 2.74 bits per heavy atom. The van der Waals surface area contributed by atoms with E-state index in [0.717, 1.165) is 31.7 Å². The number of anilines is 1. The highest BCUT2D eigenvalue weighted by molar-refractivity contribution is 9.10. The molecule has 0 aromatic carbocycles. The zero-order valence-electron chi connectivity index (χ0n) is 11.7. The maximum absolute atomic E-state index is 12.3. The van der Waals surface area contributed by atoms with Gasteiger partial charge >= 0.3 is 0 Å². The maximum atomic E-state index is 12.3. The van der Waals surface area contributed by atoms with Gasteiger partial charge < -0.3 is 10.2 Å². The topological polar surface area (TPSA) is 50.2 Å². The lowest BCUT2D eigenvalue weighted by molar-refractivity contribution is 0.410. The predicted octanol–water partition coefficient (Wildman–Crippen LogP) is 1.77. The summed E-state index contributed by atoms with van der Waals surface area (Å²) in [7, 11) is 0. The molecule has 0 aliphatic carbocycles. The molecule has 106 valence electrons. The van der Waals surface area contributed by atoms with Crippen molar-refractivity contribution in [3.63, 3.8) is 0 Å². The van der Waals surface area contributed by atoms with E-state index in [1.165, 1.54) is 4.68 Å². The highest BCUT2D eigenvalue weighted by atomic mass is 79.9. The molecule has 1 aliphatic heterocycles. The number of nitrogens with one attached hydrogen (secondary N) is 1. The largest absolute Gasteiger partial charge is 0.364 e. The van der Waals surface area contributed by atoms with Gasteiger partial charge in [-0.3, -0.25) is 4.79 Å². The monoisotopic (exact) mass is 328 g/mol. The van der Waals surface area contributed by atoms with Crippen molar-refractivity contribution in [2.24, 2.45) is 0 Å². The fraction of sp³-hybridized carbons (Fsp3) is 0.692. The second-order valence-corrected chi connectivity index (χ2v) is 5.99. The Balaban J connectivity index is 2.37. The highest BCUT2D eigenvalue weighted by Gasteiger charge is 2.27. The molecule has 6 heteroatoms. The Morgan fingerprint density at radius 2 is 2.26 bits per heavy atom. The van der Waals surface area contributed by atoms with Gasteiger partial charge in [-0.2, -0.15) is 5.10 Å². The SMILES string of the molecule is CCCN(c1cnn(C(C)C)c(=O)c1Br)C1CNC1. The average Bonchev–Trinajstić information content (AvgIpc) is 2.29. The van der Waals surface area contributed by atoms with Crippen LogP contribution in [0.15, 0.2) is 15.5 Å². The number of rotatable bonds is 5. The summed E-state index contributed by atoms with van der Waals surface area (Å²) in [5.74, 6) is 0. The van der Waals surface area contributed by atoms with Crippen molar-refractivity contribution in [1.29, 1.82) is 0 Å². The minimum atomic E-state index is -0.0547. The van der Waals surface area contributed by atoms with Gasteiger partial charge in [0.2, 0.25) is 0 Å². The minimum absolute atomic E-state index is 0.0547. The van der Waals surface area contributed by atoms with E-state index in [1.807, 2.05) is 13.8 Å². The van der Waals surface area contributed by atoms with Crippen LogP contribution in [-0.2, 0) is 0 Å². The Hall–Kier alpha value is -0.880. The summed E-state index contributed by atoms with van der Waals surface area (Å²) in [5.41, 5.74) is 0.858. The van der Waals surface area contributed by atoms with Crippen LogP contribution in [0.4, 0.5) is 5.69 Å². The van der Waals surface area contributed by atoms with Crippen molar-refractivity contribution in [2.75, 3.05) is 24.5 Å². The molecule has 5 nitrogen and oxygen atoms in total. The first kappa shape index (κ1) is 14.5. The fourth-order valence-corrected chi connectivity index (χ4v) is 2.75. The normalized spacial score (nSPS) is 15.6. The summed E-state index contributed by atoms with van der Waals surface area (Å²) in [4.78, 5) is 14.6. The predicted molar refractivity (Wildman–Crippen MR) is 80.9 cm³/mol. The summed E-state index contributed by atoms with van der Waals surface area (Å²) in [5, 5.41) is 7.57. The Morgan fingerprint density at radius 1 is 1.58 bits per heavy atom.